The van der Waals surface area contributed by atoms with Crippen LogP contribution < -0.4 is 0 Å². The Hall–Kier alpha value is -1.23. The molecule has 0 aromatic heterocycles. The molecule has 3 N–H and O–H groups in total. The largest absolute Gasteiger partial charge is 0.387 e. The maximum atomic E-state index is 11.5. The smallest absolute Gasteiger partial charge is 0.194 e. The molecular weight excluding hydrogens is 184 g/mol. The summed E-state index contributed by atoms with van der Waals surface area (Å²) in [7, 11) is 0. The Morgan fingerprint density at radius 1 is 1.00 bits per heavy atom. The van der Waals surface area contributed by atoms with Gasteiger partial charge in [0.2, 0.25) is 0 Å². The van der Waals surface area contributed by atoms with Gasteiger partial charge in [0.15, 0.2) is 5.78 Å². The first-order valence-electron chi connectivity index (χ1n) is 4.30. The van der Waals surface area contributed by atoms with Crippen molar-refractivity contribution in [2.75, 3.05) is 0 Å². The number of hydrogen-bond acceptors (Lipinski definition) is 4. The Morgan fingerprint density at radius 2 is 1.64 bits per heavy atom. The molecule has 1 aliphatic carbocycles. The summed E-state index contributed by atoms with van der Waals surface area (Å²) in [6.07, 6.45) is -4.16. The minimum absolute atomic E-state index is 0.276. The van der Waals surface area contributed by atoms with Crippen molar-refractivity contribution in [3.8, 4) is 0 Å². The van der Waals surface area contributed by atoms with Crippen LogP contribution in [0.5, 0.6) is 0 Å². The number of Topliss-reactive ketones (excluding diaryl/α,β-unsaturated/α-hetero) is 1. The van der Waals surface area contributed by atoms with Crippen molar-refractivity contribution in [1.29, 1.82) is 0 Å². The number of fused-ring (bicyclic) bond motifs is 1. The van der Waals surface area contributed by atoms with E-state index in [0.29, 0.717) is 5.56 Å². The molecular formula is C10H10O4. The summed E-state index contributed by atoms with van der Waals surface area (Å²) >= 11 is 0. The summed E-state index contributed by atoms with van der Waals surface area (Å²) in [5.74, 6) is -0.543. The predicted molar refractivity (Wildman–Crippen MR) is 47.7 cm³/mol. The average Bonchev–Trinajstić information content (AvgIpc) is 2.23. The summed E-state index contributed by atoms with van der Waals surface area (Å²) in [6, 6.07) is 6.40. The van der Waals surface area contributed by atoms with Gasteiger partial charge in [-0.05, 0) is 5.56 Å². The lowest BCUT2D eigenvalue weighted by atomic mass is 9.84. The topological polar surface area (TPSA) is 77.8 Å². The third kappa shape index (κ3) is 1.16. The van der Waals surface area contributed by atoms with E-state index in [-0.39, 0.29) is 5.56 Å². The standard InChI is InChI=1S/C10H10O4/c11-7-5-3-1-2-4-6(5)8(12)10(14)9(7)13/h1-4,7,9-11,13-14H. The first-order valence-corrected chi connectivity index (χ1v) is 4.30. The predicted octanol–water partition coefficient (Wildman–Crippen LogP) is -0.362. The molecule has 0 saturated heterocycles. The summed E-state index contributed by atoms with van der Waals surface area (Å²) in [5, 5.41) is 28.2. The van der Waals surface area contributed by atoms with E-state index in [1.165, 1.54) is 6.07 Å². The molecule has 0 spiro atoms. The number of benzene rings is 1. The van der Waals surface area contributed by atoms with Crippen molar-refractivity contribution in [3.05, 3.63) is 35.4 Å². The molecule has 3 atom stereocenters. The molecule has 1 aliphatic rings. The second-order valence-electron chi connectivity index (χ2n) is 3.33. The lowest BCUT2D eigenvalue weighted by molar-refractivity contribution is -0.0542. The van der Waals surface area contributed by atoms with Gasteiger partial charge in [0.25, 0.3) is 0 Å². The number of carbonyl (C=O) groups excluding carboxylic acids is 1. The van der Waals surface area contributed by atoms with Crippen LogP contribution in [0.15, 0.2) is 24.3 Å². The van der Waals surface area contributed by atoms with Crippen molar-refractivity contribution in [2.24, 2.45) is 0 Å². The Balaban J connectivity index is 2.56. The van der Waals surface area contributed by atoms with Gasteiger partial charge in [-0.2, -0.15) is 0 Å². The summed E-state index contributed by atoms with van der Waals surface area (Å²) in [5.41, 5.74) is 0.646. The van der Waals surface area contributed by atoms with Crippen LogP contribution in [0.1, 0.15) is 22.0 Å². The Labute approximate surface area is 80.4 Å². The molecule has 0 saturated carbocycles. The molecule has 1 aromatic rings. The van der Waals surface area contributed by atoms with E-state index < -0.39 is 24.1 Å². The summed E-state index contributed by atoms with van der Waals surface area (Å²) in [4.78, 5) is 11.5. The first-order chi connectivity index (χ1) is 6.63. The molecule has 4 heteroatoms. The minimum Gasteiger partial charge on any atom is -0.387 e. The van der Waals surface area contributed by atoms with Gasteiger partial charge in [-0.25, -0.2) is 0 Å². The molecule has 3 unspecified atom stereocenters. The molecule has 14 heavy (non-hydrogen) atoms. The second-order valence-corrected chi connectivity index (χ2v) is 3.33. The van der Waals surface area contributed by atoms with Gasteiger partial charge < -0.3 is 15.3 Å². The number of aliphatic hydroxyl groups is 3. The average molecular weight is 194 g/mol. The van der Waals surface area contributed by atoms with Crippen LogP contribution >= 0.6 is 0 Å². The van der Waals surface area contributed by atoms with Crippen molar-refractivity contribution >= 4 is 5.78 Å². The van der Waals surface area contributed by atoms with E-state index in [0.717, 1.165) is 0 Å². The molecule has 0 bridgehead atoms. The fourth-order valence-corrected chi connectivity index (χ4v) is 1.65. The van der Waals surface area contributed by atoms with Crippen LogP contribution in [0.25, 0.3) is 0 Å². The number of rotatable bonds is 0. The van der Waals surface area contributed by atoms with Gasteiger partial charge >= 0.3 is 0 Å². The maximum absolute atomic E-state index is 11.5. The van der Waals surface area contributed by atoms with Crippen LogP contribution in [-0.4, -0.2) is 33.3 Å². The summed E-state index contributed by atoms with van der Waals surface area (Å²) in [6.45, 7) is 0. The van der Waals surface area contributed by atoms with E-state index in [9.17, 15) is 20.1 Å². The zero-order valence-corrected chi connectivity index (χ0v) is 7.29. The van der Waals surface area contributed by atoms with E-state index >= 15 is 0 Å². The minimum atomic E-state index is -1.53. The molecule has 0 radical (unpaired) electrons. The third-order valence-electron chi connectivity index (χ3n) is 2.46. The lowest BCUT2D eigenvalue weighted by Crippen LogP contribution is -2.43. The van der Waals surface area contributed by atoms with Gasteiger partial charge in [0.1, 0.15) is 18.3 Å². The maximum Gasteiger partial charge on any atom is 0.194 e. The molecule has 1 aromatic carbocycles. The second kappa shape index (κ2) is 3.16. The van der Waals surface area contributed by atoms with Crippen LogP contribution in [0.3, 0.4) is 0 Å². The van der Waals surface area contributed by atoms with E-state index in [1.54, 1.807) is 18.2 Å². The zero-order valence-electron chi connectivity index (χ0n) is 7.29. The lowest BCUT2D eigenvalue weighted by Gasteiger charge is -2.29. The Bertz CT molecular complexity index is 374. The number of carbonyl (C=O) groups is 1. The third-order valence-corrected chi connectivity index (χ3v) is 2.46. The highest BCUT2D eigenvalue weighted by molar-refractivity contribution is 6.02. The monoisotopic (exact) mass is 194 g/mol. The summed E-state index contributed by atoms with van der Waals surface area (Å²) < 4.78 is 0. The Kier molecular flexibility index (Phi) is 2.11. The first kappa shape index (κ1) is 9.33. The van der Waals surface area contributed by atoms with E-state index in [4.69, 9.17) is 0 Å². The number of ketones is 1. The molecule has 0 heterocycles. The zero-order chi connectivity index (χ0) is 10.3. The number of hydrogen-bond donors (Lipinski definition) is 3. The van der Waals surface area contributed by atoms with Crippen molar-refractivity contribution in [2.45, 2.75) is 18.3 Å². The van der Waals surface area contributed by atoms with Crippen molar-refractivity contribution in [3.63, 3.8) is 0 Å². The van der Waals surface area contributed by atoms with Gasteiger partial charge in [-0.15, -0.1) is 0 Å². The van der Waals surface area contributed by atoms with Crippen molar-refractivity contribution < 1.29 is 20.1 Å². The van der Waals surface area contributed by atoms with Gasteiger partial charge in [0, 0.05) is 5.56 Å². The molecule has 2 rings (SSSR count). The van der Waals surface area contributed by atoms with Crippen LogP contribution in [-0.2, 0) is 0 Å². The van der Waals surface area contributed by atoms with Gasteiger partial charge in [0.05, 0.1) is 0 Å². The highest BCUT2D eigenvalue weighted by Gasteiger charge is 2.38. The van der Waals surface area contributed by atoms with E-state index in [2.05, 4.69) is 0 Å². The molecule has 74 valence electrons. The van der Waals surface area contributed by atoms with Gasteiger partial charge in [-0.1, -0.05) is 24.3 Å². The number of aliphatic hydroxyl groups excluding tert-OH is 3. The van der Waals surface area contributed by atoms with Crippen LogP contribution in [0.4, 0.5) is 0 Å². The molecule has 0 aliphatic heterocycles. The van der Waals surface area contributed by atoms with E-state index in [1.807, 2.05) is 0 Å². The quantitative estimate of drug-likeness (QED) is 0.527. The van der Waals surface area contributed by atoms with Crippen molar-refractivity contribution in [1.82, 2.24) is 0 Å². The Morgan fingerprint density at radius 3 is 2.36 bits per heavy atom. The van der Waals surface area contributed by atoms with Crippen LogP contribution in [0, 0.1) is 0 Å². The fourth-order valence-electron chi connectivity index (χ4n) is 1.65. The van der Waals surface area contributed by atoms with Gasteiger partial charge in [-0.3, -0.25) is 4.79 Å². The SMILES string of the molecule is O=C1c2ccccc2C(O)C(O)C1O. The molecule has 0 fully saturated rings. The molecule has 4 nitrogen and oxygen atoms in total. The normalized spacial score (nSPS) is 31.4. The molecule has 0 amide bonds. The fraction of sp³-hybridized carbons (Fsp3) is 0.300. The van der Waals surface area contributed by atoms with Crippen LogP contribution in [0.2, 0.25) is 0 Å². The highest BCUT2D eigenvalue weighted by Crippen LogP contribution is 2.29. The highest BCUT2D eigenvalue weighted by atomic mass is 16.4.